The van der Waals surface area contributed by atoms with Crippen LogP contribution in [0.2, 0.25) is 0 Å². The highest BCUT2D eigenvalue weighted by Gasteiger charge is 2.26. The summed E-state index contributed by atoms with van der Waals surface area (Å²) in [5.74, 6) is -1.75. The Morgan fingerprint density at radius 2 is 2.19 bits per heavy atom. The number of ether oxygens (including phenoxy) is 1. The molecule has 0 saturated carbocycles. The van der Waals surface area contributed by atoms with E-state index >= 15 is 0 Å². The van der Waals surface area contributed by atoms with Gasteiger partial charge in [-0.2, -0.15) is 0 Å². The van der Waals surface area contributed by atoms with Crippen molar-refractivity contribution in [2.75, 3.05) is 7.11 Å². The number of benzene rings is 1. The lowest BCUT2D eigenvalue weighted by Crippen LogP contribution is -2.12. The van der Waals surface area contributed by atoms with E-state index in [1.807, 2.05) is 0 Å². The first-order chi connectivity index (χ1) is 7.49. The van der Waals surface area contributed by atoms with E-state index in [4.69, 9.17) is 9.84 Å². The third kappa shape index (κ3) is 2.09. The molecule has 0 aliphatic carbocycles. The summed E-state index contributed by atoms with van der Waals surface area (Å²) in [7, 11) is 1.17. The predicted molar refractivity (Wildman–Crippen MR) is 52.2 cm³/mol. The molecule has 16 heavy (non-hydrogen) atoms. The van der Waals surface area contributed by atoms with Crippen LogP contribution in [-0.2, 0) is 4.79 Å². The van der Waals surface area contributed by atoms with Crippen LogP contribution in [0.5, 0.6) is 5.75 Å². The van der Waals surface area contributed by atoms with Crippen LogP contribution in [0, 0.1) is 10.1 Å². The molecule has 0 amide bonds. The van der Waals surface area contributed by atoms with Gasteiger partial charge in [0.2, 0.25) is 5.75 Å². The van der Waals surface area contributed by atoms with Gasteiger partial charge >= 0.3 is 11.7 Å². The van der Waals surface area contributed by atoms with E-state index in [0.717, 1.165) is 6.07 Å². The van der Waals surface area contributed by atoms with Gasteiger partial charge in [-0.05, 0) is 0 Å². The molecule has 86 valence electrons. The lowest BCUT2D eigenvalue weighted by Gasteiger charge is -2.10. The maximum Gasteiger partial charge on any atom is 0.337 e. The molecule has 0 fully saturated rings. The van der Waals surface area contributed by atoms with Gasteiger partial charge < -0.3 is 14.9 Å². The molecule has 0 radical (unpaired) electrons. The molecule has 1 unspecified atom stereocenters. The van der Waals surface area contributed by atoms with E-state index < -0.39 is 17.0 Å². The monoisotopic (exact) mass is 227 g/mol. The van der Waals surface area contributed by atoms with Crippen LogP contribution in [-0.4, -0.2) is 28.2 Å². The maximum atomic E-state index is 10.6. The highest BCUT2D eigenvalue weighted by Crippen LogP contribution is 2.34. The summed E-state index contributed by atoms with van der Waals surface area (Å²) < 4.78 is 4.74. The first kappa shape index (κ1) is 11.9. The van der Waals surface area contributed by atoms with Gasteiger partial charge in [0.25, 0.3) is 0 Å². The zero-order chi connectivity index (χ0) is 12.3. The molecule has 0 heterocycles. The van der Waals surface area contributed by atoms with Crippen molar-refractivity contribution in [2.24, 2.45) is 0 Å². The Balaban J connectivity index is 3.34. The highest BCUT2D eigenvalue weighted by molar-refractivity contribution is 5.76. The second kappa shape index (κ2) is 4.58. The van der Waals surface area contributed by atoms with Gasteiger partial charge in [-0.1, -0.05) is 12.1 Å². The molecular formula is C9H9NO6. The Bertz CT molecular complexity index is 430. The summed E-state index contributed by atoms with van der Waals surface area (Å²) in [4.78, 5) is 20.5. The minimum Gasteiger partial charge on any atom is -0.490 e. The quantitative estimate of drug-likeness (QED) is 0.579. The standard InChI is InChI=1S/C9H9NO6/c1-16-8-5(7(11)9(12)13)3-2-4-6(8)10(14)15/h2-4,7,11H,1H3,(H,12,13). The molecule has 0 bridgehead atoms. The zero-order valence-electron chi connectivity index (χ0n) is 8.28. The van der Waals surface area contributed by atoms with E-state index in [2.05, 4.69) is 0 Å². The summed E-state index contributed by atoms with van der Waals surface area (Å²) in [6.45, 7) is 0. The van der Waals surface area contributed by atoms with Gasteiger partial charge in [0, 0.05) is 11.6 Å². The van der Waals surface area contributed by atoms with Crippen molar-refractivity contribution in [3.05, 3.63) is 33.9 Å². The molecule has 2 N–H and O–H groups in total. The number of carboxylic acid groups (broad SMARTS) is 1. The Labute approximate surface area is 90.0 Å². The Morgan fingerprint density at radius 1 is 1.56 bits per heavy atom. The number of nitrogens with zero attached hydrogens (tertiary/aromatic N) is 1. The van der Waals surface area contributed by atoms with Crippen LogP contribution in [0.15, 0.2) is 18.2 Å². The van der Waals surface area contributed by atoms with Crippen LogP contribution in [0.25, 0.3) is 0 Å². The third-order valence-corrected chi connectivity index (χ3v) is 1.95. The van der Waals surface area contributed by atoms with Gasteiger partial charge in [-0.15, -0.1) is 0 Å². The molecule has 0 aliphatic rings. The molecule has 7 heteroatoms. The van der Waals surface area contributed by atoms with Crippen molar-refractivity contribution in [3.8, 4) is 5.75 Å². The fraction of sp³-hybridized carbons (Fsp3) is 0.222. The van der Waals surface area contributed by atoms with Crippen molar-refractivity contribution in [1.29, 1.82) is 0 Å². The molecule has 0 saturated heterocycles. The summed E-state index contributed by atoms with van der Waals surface area (Å²) in [5, 5.41) is 28.5. The fourth-order valence-corrected chi connectivity index (χ4v) is 1.26. The van der Waals surface area contributed by atoms with Crippen molar-refractivity contribution in [1.82, 2.24) is 0 Å². The number of hydrogen-bond donors (Lipinski definition) is 2. The van der Waals surface area contributed by atoms with Gasteiger partial charge in [0.15, 0.2) is 6.10 Å². The fourth-order valence-electron chi connectivity index (χ4n) is 1.26. The summed E-state index contributed by atoms with van der Waals surface area (Å²) >= 11 is 0. The smallest absolute Gasteiger partial charge is 0.337 e. The van der Waals surface area contributed by atoms with E-state index in [1.165, 1.54) is 19.2 Å². The minimum absolute atomic E-state index is 0.149. The lowest BCUT2D eigenvalue weighted by atomic mass is 10.1. The van der Waals surface area contributed by atoms with Crippen molar-refractivity contribution in [3.63, 3.8) is 0 Å². The summed E-state index contributed by atoms with van der Waals surface area (Å²) in [6, 6.07) is 3.70. The number of aliphatic hydroxyl groups excluding tert-OH is 1. The first-order valence-corrected chi connectivity index (χ1v) is 4.21. The Morgan fingerprint density at radius 3 is 2.62 bits per heavy atom. The number of nitro benzene ring substituents is 1. The van der Waals surface area contributed by atoms with Crippen molar-refractivity contribution >= 4 is 11.7 Å². The maximum absolute atomic E-state index is 10.6. The normalized spacial score (nSPS) is 11.9. The van der Waals surface area contributed by atoms with Gasteiger partial charge in [0.05, 0.1) is 12.0 Å². The molecule has 0 aromatic heterocycles. The number of rotatable bonds is 4. The second-order valence-electron chi connectivity index (χ2n) is 2.90. The van der Waals surface area contributed by atoms with Gasteiger partial charge in [-0.25, -0.2) is 4.79 Å². The Hall–Kier alpha value is -2.15. The van der Waals surface area contributed by atoms with Crippen molar-refractivity contribution in [2.45, 2.75) is 6.10 Å². The SMILES string of the molecule is COc1c(C(O)C(=O)O)cccc1[N+](=O)[O-]. The largest absolute Gasteiger partial charge is 0.490 e. The summed E-state index contributed by atoms with van der Waals surface area (Å²) in [6.07, 6.45) is -1.85. The number of nitro groups is 1. The van der Waals surface area contributed by atoms with E-state index in [-0.39, 0.29) is 17.0 Å². The van der Waals surface area contributed by atoms with Crippen LogP contribution in [0.3, 0.4) is 0 Å². The number of carbonyl (C=O) groups is 1. The third-order valence-electron chi connectivity index (χ3n) is 1.95. The number of aliphatic hydroxyl groups is 1. The molecule has 1 rings (SSSR count). The second-order valence-corrected chi connectivity index (χ2v) is 2.90. The molecule has 1 aromatic rings. The zero-order valence-corrected chi connectivity index (χ0v) is 8.28. The Kier molecular flexibility index (Phi) is 3.41. The van der Waals surface area contributed by atoms with Crippen LogP contribution in [0.4, 0.5) is 5.69 Å². The van der Waals surface area contributed by atoms with E-state index in [1.54, 1.807) is 0 Å². The van der Waals surface area contributed by atoms with Crippen LogP contribution < -0.4 is 4.74 Å². The minimum atomic E-state index is -1.85. The number of aliphatic carboxylic acids is 1. The van der Waals surface area contributed by atoms with Crippen molar-refractivity contribution < 1.29 is 24.7 Å². The van der Waals surface area contributed by atoms with E-state index in [9.17, 15) is 20.0 Å². The molecule has 0 aliphatic heterocycles. The molecular weight excluding hydrogens is 218 g/mol. The first-order valence-electron chi connectivity index (χ1n) is 4.21. The average Bonchev–Trinajstić information content (AvgIpc) is 2.26. The molecule has 1 atom stereocenters. The highest BCUT2D eigenvalue weighted by atomic mass is 16.6. The average molecular weight is 227 g/mol. The molecule has 0 spiro atoms. The number of para-hydroxylation sites is 1. The van der Waals surface area contributed by atoms with E-state index in [0.29, 0.717) is 0 Å². The summed E-state index contributed by atoms with van der Waals surface area (Å²) in [5.41, 5.74) is -0.537. The topological polar surface area (TPSA) is 110 Å². The molecule has 7 nitrogen and oxygen atoms in total. The molecule has 1 aromatic carbocycles. The number of carboxylic acids is 1. The lowest BCUT2D eigenvalue weighted by molar-refractivity contribution is -0.385. The van der Waals surface area contributed by atoms with Crippen LogP contribution in [0.1, 0.15) is 11.7 Å². The van der Waals surface area contributed by atoms with Gasteiger partial charge in [-0.3, -0.25) is 10.1 Å². The van der Waals surface area contributed by atoms with Crippen LogP contribution >= 0.6 is 0 Å². The number of hydrogen-bond acceptors (Lipinski definition) is 5. The predicted octanol–water partition coefficient (Wildman–Crippen LogP) is 0.721. The van der Waals surface area contributed by atoms with Gasteiger partial charge in [0.1, 0.15) is 0 Å². The number of methoxy groups -OCH3 is 1.